The van der Waals surface area contributed by atoms with E-state index in [9.17, 15) is 4.79 Å². The van der Waals surface area contributed by atoms with Gasteiger partial charge in [-0.3, -0.25) is 4.90 Å². The van der Waals surface area contributed by atoms with Crippen molar-refractivity contribution in [3.8, 4) is 0 Å². The lowest BCUT2D eigenvalue weighted by molar-refractivity contribution is 0.0705. The van der Waals surface area contributed by atoms with Crippen molar-refractivity contribution in [1.29, 1.82) is 0 Å². The minimum Gasteiger partial charge on any atom is -0.453 e. The Morgan fingerprint density at radius 3 is 2.45 bits per heavy atom. The third-order valence-electron chi connectivity index (χ3n) is 4.22. The summed E-state index contributed by atoms with van der Waals surface area (Å²) in [4.78, 5) is 16.4. The average molecular weight is 304 g/mol. The van der Waals surface area contributed by atoms with Crippen molar-refractivity contribution in [1.82, 2.24) is 9.80 Å². The molecule has 0 spiro atoms. The molecule has 1 fully saturated rings. The zero-order valence-electron chi connectivity index (χ0n) is 14.0. The van der Waals surface area contributed by atoms with E-state index in [1.165, 1.54) is 12.7 Å². The topological polar surface area (TPSA) is 32.8 Å². The minimum atomic E-state index is -0.185. The van der Waals surface area contributed by atoms with Crippen molar-refractivity contribution in [2.24, 2.45) is 5.92 Å². The number of carbonyl (C=O) groups is 1. The standard InChI is InChI=1S/C18H28N2O2/c1-15(2)13-20(18(21)22-3)17-9-11-19(12-10-17)14-16-7-5-4-6-8-16/h4-8,15,17H,9-14H2,1-3H3. The first-order valence-electron chi connectivity index (χ1n) is 8.21. The molecule has 0 radical (unpaired) electrons. The van der Waals surface area contributed by atoms with Gasteiger partial charge in [0.15, 0.2) is 0 Å². The number of nitrogens with zero attached hydrogens (tertiary/aromatic N) is 2. The highest BCUT2D eigenvalue weighted by Gasteiger charge is 2.28. The predicted molar refractivity (Wildman–Crippen MR) is 88.7 cm³/mol. The molecule has 0 aliphatic carbocycles. The summed E-state index contributed by atoms with van der Waals surface area (Å²) in [6.07, 6.45) is 1.86. The van der Waals surface area contributed by atoms with Gasteiger partial charge in [-0.05, 0) is 24.3 Å². The number of ether oxygens (including phenoxy) is 1. The molecule has 0 saturated carbocycles. The van der Waals surface area contributed by atoms with Crippen molar-refractivity contribution < 1.29 is 9.53 Å². The molecule has 0 N–H and O–H groups in total. The molecule has 4 heteroatoms. The predicted octanol–water partition coefficient (Wildman–Crippen LogP) is 3.38. The maximum absolute atomic E-state index is 12.0. The summed E-state index contributed by atoms with van der Waals surface area (Å²) >= 11 is 0. The number of carbonyl (C=O) groups excluding carboxylic acids is 1. The van der Waals surface area contributed by atoms with Crippen LogP contribution in [0.15, 0.2) is 30.3 Å². The summed E-state index contributed by atoms with van der Waals surface area (Å²) in [6, 6.07) is 10.9. The summed E-state index contributed by atoms with van der Waals surface area (Å²) < 4.78 is 4.96. The van der Waals surface area contributed by atoms with Gasteiger partial charge in [-0.1, -0.05) is 44.2 Å². The van der Waals surface area contributed by atoms with Crippen LogP contribution in [-0.4, -0.2) is 48.7 Å². The molecule has 1 aromatic carbocycles. The van der Waals surface area contributed by atoms with Gasteiger partial charge in [0.25, 0.3) is 0 Å². The molecule has 1 aromatic rings. The van der Waals surface area contributed by atoms with Crippen LogP contribution in [0.1, 0.15) is 32.3 Å². The summed E-state index contributed by atoms with van der Waals surface area (Å²) in [6.45, 7) is 8.11. The molecule has 0 atom stereocenters. The van der Waals surface area contributed by atoms with Crippen LogP contribution >= 0.6 is 0 Å². The van der Waals surface area contributed by atoms with Crippen LogP contribution < -0.4 is 0 Å². The number of hydrogen-bond acceptors (Lipinski definition) is 3. The van der Waals surface area contributed by atoms with Gasteiger partial charge in [-0.2, -0.15) is 0 Å². The van der Waals surface area contributed by atoms with Crippen molar-refractivity contribution in [2.45, 2.75) is 39.3 Å². The highest BCUT2D eigenvalue weighted by molar-refractivity contribution is 5.67. The molecule has 0 aromatic heterocycles. The van der Waals surface area contributed by atoms with Gasteiger partial charge in [-0.25, -0.2) is 4.79 Å². The van der Waals surface area contributed by atoms with E-state index < -0.39 is 0 Å². The number of piperidine rings is 1. The number of rotatable bonds is 5. The Morgan fingerprint density at radius 2 is 1.91 bits per heavy atom. The normalized spacial score (nSPS) is 16.7. The van der Waals surface area contributed by atoms with Gasteiger partial charge in [0, 0.05) is 32.2 Å². The lowest BCUT2D eigenvalue weighted by Gasteiger charge is -2.38. The third kappa shape index (κ3) is 4.73. The van der Waals surface area contributed by atoms with Gasteiger partial charge < -0.3 is 9.64 Å². The number of amides is 1. The molecule has 1 aliphatic rings. The first-order chi connectivity index (χ1) is 10.6. The number of benzene rings is 1. The van der Waals surface area contributed by atoms with Crippen LogP contribution in [-0.2, 0) is 11.3 Å². The summed E-state index contributed by atoms with van der Waals surface area (Å²) in [5.74, 6) is 0.460. The zero-order valence-corrected chi connectivity index (χ0v) is 14.0. The molecule has 1 aliphatic heterocycles. The average Bonchev–Trinajstić information content (AvgIpc) is 2.53. The van der Waals surface area contributed by atoms with Crippen LogP contribution in [0.4, 0.5) is 4.79 Å². The second-order valence-corrected chi connectivity index (χ2v) is 6.51. The molecule has 2 rings (SSSR count). The SMILES string of the molecule is COC(=O)N(CC(C)C)C1CCN(Cc2ccccc2)CC1. The monoisotopic (exact) mass is 304 g/mol. The Hall–Kier alpha value is -1.55. The van der Waals surface area contributed by atoms with Gasteiger partial charge >= 0.3 is 6.09 Å². The van der Waals surface area contributed by atoms with E-state index in [0.717, 1.165) is 39.0 Å². The van der Waals surface area contributed by atoms with Crippen LogP contribution in [0.3, 0.4) is 0 Å². The number of hydrogen-bond donors (Lipinski definition) is 0. The first-order valence-corrected chi connectivity index (χ1v) is 8.21. The van der Waals surface area contributed by atoms with Crippen molar-refractivity contribution in [3.05, 3.63) is 35.9 Å². The molecule has 4 nitrogen and oxygen atoms in total. The minimum absolute atomic E-state index is 0.185. The largest absolute Gasteiger partial charge is 0.453 e. The third-order valence-corrected chi connectivity index (χ3v) is 4.22. The molecular weight excluding hydrogens is 276 g/mol. The summed E-state index contributed by atoms with van der Waals surface area (Å²) in [7, 11) is 1.47. The Labute approximate surface area is 134 Å². The van der Waals surface area contributed by atoms with Crippen LogP contribution in [0.2, 0.25) is 0 Å². The van der Waals surface area contributed by atoms with E-state index in [0.29, 0.717) is 12.0 Å². The quantitative estimate of drug-likeness (QED) is 0.836. The van der Waals surface area contributed by atoms with E-state index in [1.54, 1.807) is 0 Å². The molecule has 22 heavy (non-hydrogen) atoms. The van der Waals surface area contributed by atoms with Gasteiger partial charge in [0.1, 0.15) is 0 Å². The van der Waals surface area contributed by atoms with E-state index in [-0.39, 0.29) is 6.09 Å². The molecule has 1 heterocycles. The highest BCUT2D eigenvalue weighted by atomic mass is 16.5. The Morgan fingerprint density at radius 1 is 1.27 bits per heavy atom. The maximum atomic E-state index is 12.0. The summed E-state index contributed by atoms with van der Waals surface area (Å²) in [5, 5.41) is 0. The second kappa shape index (κ2) is 8.18. The van der Waals surface area contributed by atoms with E-state index in [1.807, 2.05) is 4.90 Å². The van der Waals surface area contributed by atoms with Crippen molar-refractivity contribution in [3.63, 3.8) is 0 Å². The van der Waals surface area contributed by atoms with Gasteiger partial charge in [-0.15, -0.1) is 0 Å². The van der Waals surface area contributed by atoms with Gasteiger partial charge in [0.05, 0.1) is 7.11 Å². The molecular formula is C18H28N2O2. The van der Waals surface area contributed by atoms with Crippen molar-refractivity contribution in [2.75, 3.05) is 26.7 Å². The lowest BCUT2D eigenvalue weighted by Crippen LogP contribution is -2.48. The molecule has 0 unspecified atom stereocenters. The fraction of sp³-hybridized carbons (Fsp3) is 0.611. The smallest absolute Gasteiger partial charge is 0.409 e. The molecule has 122 valence electrons. The lowest BCUT2D eigenvalue weighted by atomic mass is 10.0. The number of likely N-dealkylation sites (tertiary alicyclic amines) is 1. The van der Waals surface area contributed by atoms with E-state index >= 15 is 0 Å². The second-order valence-electron chi connectivity index (χ2n) is 6.51. The van der Waals surface area contributed by atoms with Crippen LogP contribution in [0, 0.1) is 5.92 Å². The highest BCUT2D eigenvalue weighted by Crippen LogP contribution is 2.20. The first kappa shape index (κ1) is 16.8. The van der Waals surface area contributed by atoms with Crippen molar-refractivity contribution >= 4 is 6.09 Å². The molecule has 1 amide bonds. The zero-order chi connectivity index (χ0) is 15.9. The number of methoxy groups -OCH3 is 1. The van der Waals surface area contributed by atoms with E-state index in [2.05, 4.69) is 49.1 Å². The van der Waals surface area contributed by atoms with Gasteiger partial charge in [0.2, 0.25) is 0 Å². The fourth-order valence-electron chi connectivity index (χ4n) is 3.11. The molecule has 1 saturated heterocycles. The Kier molecular flexibility index (Phi) is 6.25. The Bertz CT molecular complexity index is 453. The van der Waals surface area contributed by atoms with Crippen LogP contribution in [0.25, 0.3) is 0 Å². The van der Waals surface area contributed by atoms with E-state index in [4.69, 9.17) is 4.74 Å². The molecule has 0 bridgehead atoms. The summed E-state index contributed by atoms with van der Waals surface area (Å²) in [5.41, 5.74) is 1.35. The Balaban J connectivity index is 1.88. The fourth-order valence-corrected chi connectivity index (χ4v) is 3.11. The van der Waals surface area contributed by atoms with Crippen LogP contribution in [0.5, 0.6) is 0 Å². The maximum Gasteiger partial charge on any atom is 0.409 e.